The topological polar surface area (TPSA) is 105 Å². The molecule has 0 radical (unpaired) electrons. The van der Waals surface area contributed by atoms with E-state index in [1.54, 1.807) is 0 Å². The van der Waals surface area contributed by atoms with Gasteiger partial charge in [-0.05, 0) is 29.3 Å². The van der Waals surface area contributed by atoms with Gasteiger partial charge in [0, 0.05) is 19.0 Å². The molecular formula is C12H14BrN5O2. The minimum atomic E-state index is -0.758. The quantitative estimate of drug-likeness (QED) is 0.890. The fourth-order valence-electron chi connectivity index (χ4n) is 2.11. The number of aryl methyl sites for hydroxylation is 1. The Morgan fingerprint density at radius 2 is 2.40 bits per heavy atom. The van der Waals surface area contributed by atoms with Crippen molar-refractivity contribution in [1.82, 2.24) is 9.97 Å². The first-order valence-electron chi connectivity index (χ1n) is 6.12. The molecule has 1 unspecified atom stereocenters. The highest BCUT2D eigenvalue weighted by Crippen LogP contribution is 2.25. The largest absolute Gasteiger partial charge is 0.449 e. The zero-order valence-electron chi connectivity index (χ0n) is 11.0. The summed E-state index contributed by atoms with van der Waals surface area (Å²) in [6.45, 7) is 3.56. The van der Waals surface area contributed by atoms with Gasteiger partial charge in [-0.25, -0.2) is 14.8 Å². The average molecular weight is 340 g/mol. The van der Waals surface area contributed by atoms with E-state index in [1.165, 1.54) is 0 Å². The first-order valence-corrected chi connectivity index (χ1v) is 6.92. The summed E-state index contributed by atoms with van der Waals surface area (Å²) in [7, 11) is 0. The number of carbonyl (C=O) groups is 1. The number of carbonyl (C=O) groups excluding carboxylic acids is 1. The van der Waals surface area contributed by atoms with E-state index in [0.29, 0.717) is 29.3 Å². The Kier molecular flexibility index (Phi) is 4.39. The lowest BCUT2D eigenvalue weighted by atomic mass is 10.1. The predicted octanol–water partition coefficient (Wildman–Crippen LogP) is 1.34. The number of nitrogens with zero attached hydrogens (tertiary/aromatic N) is 4. The van der Waals surface area contributed by atoms with E-state index >= 15 is 0 Å². The normalized spacial score (nSPS) is 17.9. The fourth-order valence-corrected chi connectivity index (χ4v) is 2.38. The van der Waals surface area contributed by atoms with E-state index < -0.39 is 6.09 Å². The number of hydrogen-bond acceptors (Lipinski definition) is 6. The number of ether oxygens (including phenoxy) is 1. The summed E-state index contributed by atoms with van der Waals surface area (Å²) in [4.78, 5) is 21.2. The summed E-state index contributed by atoms with van der Waals surface area (Å²) in [5.41, 5.74) is 6.00. The number of primary amides is 1. The molecule has 0 aromatic carbocycles. The van der Waals surface area contributed by atoms with Gasteiger partial charge in [-0.15, -0.1) is 0 Å². The lowest BCUT2D eigenvalue weighted by Gasteiger charge is -2.17. The zero-order chi connectivity index (χ0) is 14.7. The van der Waals surface area contributed by atoms with Crippen LogP contribution < -0.4 is 10.6 Å². The van der Waals surface area contributed by atoms with Gasteiger partial charge in [-0.2, -0.15) is 5.26 Å². The fraction of sp³-hybridized carbons (Fsp3) is 0.500. The predicted molar refractivity (Wildman–Crippen MR) is 75.0 cm³/mol. The van der Waals surface area contributed by atoms with E-state index in [4.69, 9.17) is 15.7 Å². The average Bonchev–Trinajstić information content (AvgIpc) is 2.88. The van der Waals surface area contributed by atoms with E-state index in [1.807, 2.05) is 17.9 Å². The molecule has 1 aromatic heterocycles. The molecule has 7 nitrogen and oxygen atoms in total. The molecule has 1 amide bonds. The van der Waals surface area contributed by atoms with Gasteiger partial charge in [0.2, 0.25) is 5.95 Å². The molecule has 1 atom stereocenters. The number of hydrogen-bond donors (Lipinski definition) is 1. The number of aromatic nitrogens is 2. The first kappa shape index (κ1) is 14.5. The van der Waals surface area contributed by atoms with Gasteiger partial charge in [0.25, 0.3) is 0 Å². The third-order valence-corrected chi connectivity index (χ3v) is 4.09. The second-order valence-electron chi connectivity index (χ2n) is 4.61. The molecule has 1 aromatic rings. The minimum absolute atomic E-state index is 0.209. The van der Waals surface area contributed by atoms with Gasteiger partial charge in [0.1, 0.15) is 6.07 Å². The van der Waals surface area contributed by atoms with E-state index in [9.17, 15) is 4.79 Å². The Labute approximate surface area is 124 Å². The van der Waals surface area contributed by atoms with Crippen LogP contribution >= 0.6 is 15.9 Å². The molecule has 2 heterocycles. The highest BCUT2D eigenvalue weighted by molar-refractivity contribution is 9.10. The molecule has 1 aliphatic rings. The van der Waals surface area contributed by atoms with Crippen molar-refractivity contribution in [3.05, 3.63) is 15.9 Å². The number of anilines is 1. The molecule has 1 fully saturated rings. The van der Waals surface area contributed by atoms with Crippen LogP contribution in [-0.4, -0.2) is 35.8 Å². The van der Waals surface area contributed by atoms with Gasteiger partial charge >= 0.3 is 6.09 Å². The second kappa shape index (κ2) is 6.05. The summed E-state index contributed by atoms with van der Waals surface area (Å²) in [5, 5.41) is 9.05. The van der Waals surface area contributed by atoms with E-state index in [-0.39, 0.29) is 5.92 Å². The number of amides is 1. The van der Waals surface area contributed by atoms with Crippen LogP contribution in [0, 0.1) is 24.2 Å². The molecule has 0 aliphatic carbocycles. The molecule has 0 saturated carbocycles. The van der Waals surface area contributed by atoms with E-state index in [2.05, 4.69) is 25.9 Å². The molecule has 2 rings (SSSR count). The van der Waals surface area contributed by atoms with Crippen molar-refractivity contribution in [2.75, 3.05) is 24.6 Å². The highest BCUT2D eigenvalue weighted by Gasteiger charge is 2.26. The summed E-state index contributed by atoms with van der Waals surface area (Å²) in [6.07, 6.45) is 0.110. The lowest BCUT2D eigenvalue weighted by molar-refractivity contribution is 0.140. The summed E-state index contributed by atoms with van der Waals surface area (Å²) in [6, 6.07) is 2.04. The Balaban J connectivity index is 2.09. The number of nitrogens with two attached hydrogens (primary N) is 1. The van der Waals surface area contributed by atoms with Crippen molar-refractivity contribution >= 4 is 28.0 Å². The zero-order valence-corrected chi connectivity index (χ0v) is 12.6. The van der Waals surface area contributed by atoms with Crippen molar-refractivity contribution in [1.29, 1.82) is 5.26 Å². The lowest BCUT2D eigenvalue weighted by Crippen LogP contribution is -2.25. The monoisotopic (exact) mass is 339 g/mol. The molecule has 8 heteroatoms. The Bertz CT molecular complexity index is 572. The number of halogens is 1. The van der Waals surface area contributed by atoms with Crippen molar-refractivity contribution in [3.63, 3.8) is 0 Å². The molecular weight excluding hydrogens is 326 g/mol. The Morgan fingerprint density at radius 3 is 3.05 bits per heavy atom. The van der Waals surface area contributed by atoms with Crippen molar-refractivity contribution < 1.29 is 9.53 Å². The number of rotatable bonds is 3. The Hall–Kier alpha value is -1.88. The minimum Gasteiger partial charge on any atom is -0.449 e. The molecule has 0 bridgehead atoms. The van der Waals surface area contributed by atoms with Crippen LogP contribution in [-0.2, 0) is 4.74 Å². The maximum atomic E-state index is 10.6. The molecule has 1 aliphatic heterocycles. The Morgan fingerprint density at radius 1 is 1.65 bits per heavy atom. The molecule has 2 N–H and O–H groups in total. The maximum absolute atomic E-state index is 10.6. The van der Waals surface area contributed by atoms with Crippen molar-refractivity contribution in [2.24, 2.45) is 11.7 Å². The third kappa shape index (κ3) is 3.17. The molecule has 1 saturated heterocycles. The highest BCUT2D eigenvalue weighted by atomic mass is 79.9. The van der Waals surface area contributed by atoms with Crippen LogP contribution in [0.15, 0.2) is 4.47 Å². The molecule has 0 spiro atoms. The van der Waals surface area contributed by atoms with Crippen LogP contribution in [0.25, 0.3) is 0 Å². The van der Waals surface area contributed by atoms with Crippen molar-refractivity contribution in [2.45, 2.75) is 13.3 Å². The van der Waals surface area contributed by atoms with Gasteiger partial charge in [-0.3, -0.25) is 0 Å². The number of nitriles is 1. The van der Waals surface area contributed by atoms with E-state index in [0.717, 1.165) is 18.7 Å². The summed E-state index contributed by atoms with van der Waals surface area (Å²) in [5.74, 6) is 0.740. The van der Waals surface area contributed by atoms with Gasteiger partial charge in [0.15, 0.2) is 5.69 Å². The van der Waals surface area contributed by atoms with Crippen LogP contribution in [0.2, 0.25) is 0 Å². The summed E-state index contributed by atoms with van der Waals surface area (Å²) >= 11 is 3.30. The summed E-state index contributed by atoms with van der Waals surface area (Å²) < 4.78 is 5.43. The molecule has 106 valence electrons. The SMILES string of the molecule is Cc1nc(N2CCC(COC(N)=O)C2)nc(C#N)c1Br. The first-order chi connectivity index (χ1) is 9.51. The maximum Gasteiger partial charge on any atom is 0.404 e. The van der Waals surface area contributed by atoms with Gasteiger partial charge in [0.05, 0.1) is 16.8 Å². The van der Waals surface area contributed by atoms with Crippen LogP contribution in [0.1, 0.15) is 17.8 Å². The van der Waals surface area contributed by atoms with Gasteiger partial charge < -0.3 is 15.4 Å². The van der Waals surface area contributed by atoms with Crippen LogP contribution in [0.4, 0.5) is 10.7 Å². The van der Waals surface area contributed by atoms with Crippen molar-refractivity contribution in [3.8, 4) is 6.07 Å². The second-order valence-corrected chi connectivity index (χ2v) is 5.41. The van der Waals surface area contributed by atoms with Crippen LogP contribution in [0.5, 0.6) is 0 Å². The smallest absolute Gasteiger partial charge is 0.404 e. The molecule has 20 heavy (non-hydrogen) atoms. The van der Waals surface area contributed by atoms with Gasteiger partial charge in [-0.1, -0.05) is 0 Å². The van der Waals surface area contributed by atoms with Crippen LogP contribution in [0.3, 0.4) is 0 Å². The standard InChI is InChI=1S/C12H14BrN5O2/c1-7-10(13)9(4-14)17-12(16-7)18-3-2-8(5-18)6-20-11(15)19/h8H,2-3,5-6H2,1H3,(H2,15,19). The third-order valence-electron chi connectivity index (χ3n) is 3.14.